The number of allylic oxidation sites excluding steroid dienone is 1. The van der Waals surface area contributed by atoms with Gasteiger partial charge in [0.2, 0.25) is 0 Å². The molecule has 1 aliphatic rings. The van der Waals surface area contributed by atoms with Gasteiger partial charge in [0.1, 0.15) is 0 Å². The lowest BCUT2D eigenvalue weighted by molar-refractivity contribution is 0.443. The fraction of sp³-hybridized carbons (Fsp3) is 0.833. The predicted octanol–water partition coefficient (Wildman–Crippen LogP) is 4.17. The van der Waals surface area contributed by atoms with Crippen molar-refractivity contribution in [2.45, 2.75) is 52.9 Å². The quantitative estimate of drug-likeness (QED) is 0.538. The van der Waals surface area contributed by atoms with E-state index in [1.54, 1.807) is 0 Å². The number of hydrogen-bond acceptors (Lipinski definition) is 0. The van der Waals surface area contributed by atoms with E-state index < -0.39 is 0 Å². The summed E-state index contributed by atoms with van der Waals surface area (Å²) < 4.78 is 0. The van der Waals surface area contributed by atoms with Gasteiger partial charge in [-0.2, -0.15) is 0 Å². The largest absolute Gasteiger partial charge is 0.0996 e. The van der Waals surface area contributed by atoms with Crippen LogP contribution in [0.2, 0.25) is 0 Å². The van der Waals surface area contributed by atoms with Crippen molar-refractivity contribution >= 4 is 0 Å². The second kappa shape index (κ2) is 3.64. The molecule has 0 N–H and O–H groups in total. The van der Waals surface area contributed by atoms with Crippen LogP contribution < -0.4 is 0 Å². The lowest BCUT2D eigenvalue weighted by Gasteiger charge is -2.15. The Morgan fingerprint density at radius 1 is 1.50 bits per heavy atom. The summed E-state index contributed by atoms with van der Waals surface area (Å²) in [5.41, 5.74) is 2.15. The van der Waals surface area contributed by atoms with E-state index >= 15 is 0 Å². The second-order valence-electron chi connectivity index (χ2n) is 4.76. The van der Waals surface area contributed by atoms with Crippen molar-refractivity contribution < 1.29 is 0 Å². The maximum absolute atomic E-state index is 4.09. The van der Waals surface area contributed by atoms with Crippen molar-refractivity contribution in [2.24, 2.45) is 11.3 Å². The van der Waals surface area contributed by atoms with Gasteiger partial charge in [-0.3, -0.25) is 0 Å². The van der Waals surface area contributed by atoms with Gasteiger partial charge in [-0.05, 0) is 43.4 Å². The molecular weight excluding hydrogens is 144 g/mol. The molecule has 70 valence electrons. The third-order valence-corrected chi connectivity index (χ3v) is 3.44. The molecule has 1 saturated carbocycles. The van der Waals surface area contributed by atoms with Crippen molar-refractivity contribution in [1.82, 2.24) is 0 Å². The standard InChI is InChI=1S/C12H22/c1-5-10(2)11(3)6-7-12(4)8-9-12/h11H,2,5-9H2,1,3-4H3. The molecule has 0 heterocycles. The van der Waals surface area contributed by atoms with Crippen LogP contribution in [0.3, 0.4) is 0 Å². The molecule has 0 amide bonds. The summed E-state index contributed by atoms with van der Waals surface area (Å²) >= 11 is 0. The van der Waals surface area contributed by atoms with Gasteiger partial charge in [-0.1, -0.05) is 32.9 Å². The van der Waals surface area contributed by atoms with Crippen LogP contribution >= 0.6 is 0 Å². The third-order valence-electron chi connectivity index (χ3n) is 3.44. The van der Waals surface area contributed by atoms with Gasteiger partial charge in [-0.15, -0.1) is 0 Å². The molecule has 1 rings (SSSR count). The van der Waals surface area contributed by atoms with Gasteiger partial charge in [0.15, 0.2) is 0 Å². The predicted molar refractivity (Wildman–Crippen MR) is 55.2 cm³/mol. The minimum Gasteiger partial charge on any atom is -0.0996 e. The van der Waals surface area contributed by atoms with Gasteiger partial charge in [-0.25, -0.2) is 0 Å². The van der Waals surface area contributed by atoms with E-state index in [9.17, 15) is 0 Å². The van der Waals surface area contributed by atoms with Crippen LogP contribution in [-0.2, 0) is 0 Å². The van der Waals surface area contributed by atoms with Gasteiger partial charge in [0.25, 0.3) is 0 Å². The Bertz CT molecular complexity index is 163. The van der Waals surface area contributed by atoms with Crippen LogP contribution in [-0.4, -0.2) is 0 Å². The summed E-state index contributed by atoms with van der Waals surface area (Å²) in [7, 11) is 0. The highest BCUT2D eigenvalue weighted by Crippen LogP contribution is 2.49. The highest BCUT2D eigenvalue weighted by Gasteiger charge is 2.36. The number of rotatable bonds is 5. The van der Waals surface area contributed by atoms with Crippen LogP contribution in [0.4, 0.5) is 0 Å². The normalized spacial score (nSPS) is 21.9. The van der Waals surface area contributed by atoms with Crippen molar-refractivity contribution in [3.8, 4) is 0 Å². The molecule has 0 bridgehead atoms. The maximum Gasteiger partial charge on any atom is -0.0234 e. The van der Waals surface area contributed by atoms with Gasteiger partial charge in [0.05, 0.1) is 0 Å². The zero-order chi connectivity index (χ0) is 9.19. The average Bonchev–Trinajstić information content (AvgIpc) is 2.79. The summed E-state index contributed by atoms with van der Waals surface area (Å²) in [5, 5.41) is 0. The first-order chi connectivity index (χ1) is 5.57. The summed E-state index contributed by atoms with van der Waals surface area (Å²) in [6.45, 7) is 11.0. The molecule has 0 radical (unpaired) electrons. The summed E-state index contributed by atoms with van der Waals surface area (Å²) in [6, 6.07) is 0. The zero-order valence-corrected chi connectivity index (χ0v) is 8.82. The maximum atomic E-state index is 4.09. The summed E-state index contributed by atoms with van der Waals surface area (Å²) in [5.74, 6) is 0.743. The Morgan fingerprint density at radius 2 is 2.08 bits per heavy atom. The molecular formula is C12H22. The third kappa shape index (κ3) is 2.66. The average molecular weight is 166 g/mol. The van der Waals surface area contributed by atoms with Crippen LogP contribution in [0.1, 0.15) is 52.9 Å². The molecule has 0 spiro atoms. The molecule has 1 atom stereocenters. The molecule has 1 unspecified atom stereocenters. The monoisotopic (exact) mass is 166 g/mol. The van der Waals surface area contributed by atoms with E-state index in [4.69, 9.17) is 0 Å². The second-order valence-corrected chi connectivity index (χ2v) is 4.76. The first-order valence-corrected chi connectivity index (χ1v) is 5.25. The first-order valence-electron chi connectivity index (χ1n) is 5.25. The minimum atomic E-state index is 0.724. The Balaban J connectivity index is 2.17. The SMILES string of the molecule is C=C(CC)C(C)CCC1(C)CC1. The fourth-order valence-corrected chi connectivity index (χ4v) is 1.58. The summed E-state index contributed by atoms with van der Waals surface area (Å²) in [4.78, 5) is 0. The van der Waals surface area contributed by atoms with Crippen LogP contribution in [0.5, 0.6) is 0 Å². The molecule has 0 heteroatoms. The molecule has 0 aliphatic heterocycles. The highest BCUT2D eigenvalue weighted by molar-refractivity contribution is 4.99. The Morgan fingerprint density at radius 3 is 2.50 bits per heavy atom. The molecule has 1 aliphatic carbocycles. The minimum absolute atomic E-state index is 0.724. The van der Waals surface area contributed by atoms with Gasteiger partial charge < -0.3 is 0 Å². The van der Waals surface area contributed by atoms with E-state index in [1.807, 2.05) is 0 Å². The Kier molecular flexibility index (Phi) is 2.98. The first kappa shape index (κ1) is 9.83. The number of hydrogen-bond donors (Lipinski definition) is 0. The van der Waals surface area contributed by atoms with Crippen LogP contribution in [0, 0.1) is 11.3 Å². The molecule has 0 aromatic heterocycles. The summed E-state index contributed by atoms with van der Waals surface area (Å²) in [6.07, 6.45) is 6.82. The van der Waals surface area contributed by atoms with Gasteiger partial charge in [0, 0.05) is 0 Å². The molecule has 0 saturated heterocycles. The van der Waals surface area contributed by atoms with E-state index in [2.05, 4.69) is 27.4 Å². The topological polar surface area (TPSA) is 0 Å². The molecule has 0 nitrogen and oxygen atoms in total. The molecule has 1 fully saturated rings. The zero-order valence-electron chi connectivity index (χ0n) is 8.82. The van der Waals surface area contributed by atoms with Crippen molar-refractivity contribution in [2.75, 3.05) is 0 Å². The Labute approximate surface area is 77.1 Å². The van der Waals surface area contributed by atoms with E-state index in [0.29, 0.717) is 0 Å². The van der Waals surface area contributed by atoms with Crippen LogP contribution in [0.25, 0.3) is 0 Å². The molecule has 0 aromatic carbocycles. The van der Waals surface area contributed by atoms with Crippen molar-refractivity contribution in [3.63, 3.8) is 0 Å². The lowest BCUT2D eigenvalue weighted by Crippen LogP contribution is -2.02. The van der Waals surface area contributed by atoms with E-state index in [-0.39, 0.29) is 0 Å². The van der Waals surface area contributed by atoms with Crippen molar-refractivity contribution in [1.29, 1.82) is 0 Å². The van der Waals surface area contributed by atoms with Crippen LogP contribution in [0.15, 0.2) is 12.2 Å². The molecule has 12 heavy (non-hydrogen) atoms. The van der Waals surface area contributed by atoms with E-state index in [1.165, 1.54) is 31.3 Å². The van der Waals surface area contributed by atoms with E-state index in [0.717, 1.165) is 17.8 Å². The van der Waals surface area contributed by atoms with Crippen molar-refractivity contribution in [3.05, 3.63) is 12.2 Å². The molecule has 0 aromatic rings. The fourth-order valence-electron chi connectivity index (χ4n) is 1.58. The van der Waals surface area contributed by atoms with Gasteiger partial charge >= 0.3 is 0 Å². The Hall–Kier alpha value is -0.260. The highest BCUT2D eigenvalue weighted by atomic mass is 14.4. The lowest BCUT2D eigenvalue weighted by atomic mass is 9.91. The smallest absolute Gasteiger partial charge is 0.0234 e.